The maximum absolute atomic E-state index is 13.7. The van der Waals surface area contributed by atoms with E-state index in [4.69, 9.17) is 9.15 Å². The van der Waals surface area contributed by atoms with Crippen molar-refractivity contribution >= 4 is 22.7 Å². The Kier molecular flexibility index (Phi) is 4.76. The van der Waals surface area contributed by atoms with Gasteiger partial charge in [0.05, 0.1) is 32.0 Å². The monoisotopic (exact) mass is 421 g/mol. The molecule has 3 heterocycles. The maximum atomic E-state index is 13.7. The average molecular weight is 421 g/mol. The van der Waals surface area contributed by atoms with E-state index in [2.05, 4.69) is 5.32 Å². The van der Waals surface area contributed by atoms with Crippen LogP contribution in [0.3, 0.4) is 0 Å². The van der Waals surface area contributed by atoms with E-state index in [-0.39, 0.29) is 24.4 Å². The van der Waals surface area contributed by atoms with Gasteiger partial charge in [-0.15, -0.1) is 0 Å². The SMILES string of the molecule is COc1ccc2cc3n(c2c1)C[C@@](C)(C(=O)NC1CCCC1)N(Cc1ccco1)C3=O. The Balaban J connectivity index is 1.58. The number of ether oxygens (including phenoxy) is 1. The van der Waals surface area contributed by atoms with Gasteiger partial charge in [0.2, 0.25) is 5.91 Å². The third-order valence-corrected chi connectivity index (χ3v) is 6.71. The molecule has 1 N–H and O–H groups in total. The first-order valence-corrected chi connectivity index (χ1v) is 10.8. The van der Waals surface area contributed by atoms with Gasteiger partial charge in [0.25, 0.3) is 5.91 Å². The van der Waals surface area contributed by atoms with E-state index < -0.39 is 5.54 Å². The molecule has 2 aromatic heterocycles. The highest BCUT2D eigenvalue weighted by molar-refractivity contribution is 6.03. The Morgan fingerprint density at radius 1 is 1.26 bits per heavy atom. The van der Waals surface area contributed by atoms with Crippen molar-refractivity contribution in [3.8, 4) is 5.75 Å². The molecule has 7 heteroatoms. The van der Waals surface area contributed by atoms with E-state index in [1.54, 1.807) is 24.3 Å². The Morgan fingerprint density at radius 3 is 2.77 bits per heavy atom. The highest BCUT2D eigenvalue weighted by Gasteiger charge is 2.48. The number of rotatable bonds is 5. The molecule has 0 bridgehead atoms. The minimum atomic E-state index is -1.05. The normalized spacial score (nSPS) is 21.5. The summed E-state index contributed by atoms with van der Waals surface area (Å²) in [5.74, 6) is 1.08. The molecule has 7 nitrogen and oxygen atoms in total. The van der Waals surface area contributed by atoms with Gasteiger partial charge in [-0.25, -0.2) is 0 Å². The van der Waals surface area contributed by atoms with E-state index in [9.17, 15) is 9.59 Å². The number of hydrogen-bond donors (Lipinski definition) is 1. The van der Waals surface area contributed by atoms with Gasteiger partial charge in [-0.3, -0.25) is 9.59 Å². The van der Waals surface area contributed by atoms with Crippen LogP contribution in [0.1, 0.15) is 48.9 Å². The fourth-order valence-electron chi connectivity index (χ4n) is 4.87. The zero-order valence-corrected chi connectivity index (χ0v) is 17.9. The summed E-state index contributed by atoms with van der Waals surface area (Å²) in [5.41, 5.74) is 0.412. The second-order valence-corrected chi connectivity index (χ2v) is 8.74. The predicted molar refractivity (Wildman–Crippen MR) is 116 cm³/mol. The molecule has 3 aromatic rings. The minimum Gasteiger partial charge on any atom is -0.497 e. The molecule has 1 aliphatic heterocycles. The van der Waals surface area contributed by atoms with Crippen LogP contribution in [0.4, 0.5) is 0 Å². The Bertz CT molecular complexity index is 1130. The van der Waals surface area contributed by atoms with Gasteiger partial charge < -0.3 is 23.9 Å². The highest BCUT2D eigenvalue weighted by atomic mass is 16.5. The summed E-state index contributed by atoms with van der Waals surface area (Å²) in [4.78, 5) is 28.9. The molecule has 2 amide bonds. The number of furan rings is 1. The average Bonchev–Trinajstić information content (AvgIpc) is 3.52. The molecule has 162 valence electrons. The van der Waals surface area contributed by atoms with Crippen molar-refractivity contribution in [1.29, 1.82) is 0 Å². The van der Waals surface area contributed by atoms with Gasteiger partial charge >= 0.3 is 0 Å². The Morgan fingerprint density at radius 2 is 2.06 bits per heavy atom. The van der Waals surface area contributed by atoms with Crippen LogP contribution < -0.4 is 10.1 Å². The molecule has 0 radical (unpaired) electrons. The van der Waals surface area contributed by atoms with E-state index in [0.717, 1.165) is 42.3 Å². The number of fused-ring (bicyclic) bond motifs is 3. The first kappa shape index (κ1) is 19.7. The largest absolute Gasteiger partial charge is 0.497 e. The van der Waals surface area contributed by atoms with E-state index >= 15 is 0 Å². The van der Waals surface area contributed by atoms with Crippen molar-refractivity contribution in [2.75, 3.05) is 7.11 Å². The molecule has 1 saturated carbocycles. The predicted octanol–water partition coefficient (Wildman–Crippen LogP) is 3.72. The Hall–Kier alpha value is -3.22. The molecule has 0 unspecified atom stereocenters. The van der Waals surface area contributed by atoms with E-state index in [1.807, 2.05) is 41.8 Å². The third-order valence-electron chi connectivity index (χ3n) is 6.71. The van der Waals surface area contributed by atoms with Gasteiger partial charge in [-0.05, 0) is 50.1 Å². The zero-order valence-electron chi connectivity index (χ0n) is 17.9. The molecule has 1 aromatic carbocycles. The topological polar surface area (TPSA) is 76.7 Å². The number of carbonyl (C=O) groups excluding carboxylic acids is 2. The first-order chi connectivity index (χ1) is 15.0. The smallest absolute Gasteiger partial charge is 0.271 e. The molecule has 31 heavy (non-hydrogen) atoms. The van der Waals surface area contributed by atoms with Crippen LogP contribution in [0.15, 0.2) is 47.1 Å². The maximum Gasteiger partial charge on any atom is 0.271 e. The van der Waals surface area contributed by atoms with Gasteiger partial charge in [0.15, 0.2) is 0 Å². The molecule has 5 rings (SSSR count). The van der Waals surface area contributed by atoms with Crippen molar-refractivity contribution in [3.63, 3.8) is 0 Å². The summed E-state index contributed by atoms with van der Waals surface area (Å²) in [6, 6.07) is 11.4. The van der Waals surface area contributed by atoms with Crippen molar-refractivity contribution in [2.24, 2.45) is 0 Å². The summed E-state index contributed by atoms with van der Waals surface area (Å²) < 4.78 is 12.9. The number of amides is 2. The quantitative estimate of drug-likeness (QED) is 0.681. The molecular formula is C24H27N3O4. The molecular weight excluding hydrogens is 394 g/mol. The second kappa shape index (κ2) is 7.48. The molecule has 1 atom stereocenters. The van der Waals surface area contributed by atoms with E-state index in [0.29, 0.717) is 18.0 Å². The lowest BCUT2D eigenvalue weighted by atomic mass is 9.94. The lowest BCUT2D eigenvalue weighted by Gasteiger charge is -2.44. The van der Waals surface area contributed by atoms with Crippen LogP contribution in [0.2, 0.25) is 0 Å². The summed E-state index contributed by atoms with van der Waals surface area (Å²) in [6.07, 6.45) is 5.82. The molecule has 2 aliphatic rings. The van der Waals surface area contributed by atoms with Crippen molar-refractivity contribution in [1.82, 2.24) is 14.8 Å². The fraction of sp³-hybridized carbons (Fsp3) is 0.417. The lowest BCUT2D eigenvalue weighted by molar-refractivity contribution is -0.134. The lowest BCUT2D eigenvalue weighted by Crippen LogP contribution is -2.64. The zero-order chi connectivity index (χ0) is 21.6. The molecule has 0 saturated heterocycles. The van der Waals surface area contributed by atoms with Crippen LogP contribution in [0.25, 0.3) is 10.9 Å². The van der Waals surface area contributed by atoms with Crippen LogP contribution in [-0.2, 0) is 17.9 Å². The molecule has 1 fully saturated rings. The van der Waals surface area contributed by atoms with Gasteiger partial charge in [-0.2, -0.15) is 0 Å². The van der Waals surface area contributed by atoms with Crippen molar-refractivity contribution < 1.29 is 18.7 Å². The number of carbonyl (C=O) groups is 2. The standard InChI is InChI=1S/C24H27N3O4/c1-24(23(29)25-17-6-3-4-7-17)15-26-20-13-18(30-2)10-9-16(20)12-21(26)22(28)27(24)14-19-8-5-11-31-19/h5,8-13,17H,3-4,6-7,14-15H2,1-2H3,(H,25,29)/t24-/m0/s1. The summed E-state index contributed by atoms with van der Waals surface area (Å²) in [5, 5.41) is 4.16. The van der Waals surface area contributed by atoms with Crippen LogP contribution in [0.5, 0.6) is 5.75 Å². The van der Waals surface area contributed by atoms with Gasteiger partial charge in [-0.1, -0.05) is 12.8 Å². The number of nitrogens with zero attached hydrogens (tertiary/aromatic N) is 2. The van der Waals surface area contributed by atoms with Crippen LogP contribution in [-0.4, -0.2) is 40.0 Å². The van der Waals surface area contributed by atoms with Crippen molar-refractivity contribution in [2.45, 2.75) is 57.3 Å². The first-order valence-electron chi connectivity index (χ1n) is 10.8. The number of hydrogen-bond acceptors (Lipinski definition) is 4. The van der Waals surface area contributed by atoms with Crippen LogP contribution in [0, 0.1) is 0 Å². The number of benzene rings is 1. The van der Waals surface area contributed by atoms with Gasteiger partial charge in [0.1, 0.15) is 22.7 Å². The van der Waals surface area contributed by atoms with Crippen LogP contribution >= 0.6 is 0 Å². The van der Waals surface area contributed by atoms with Gasteiger partial charge in [0, 0.05) is 17.5 Å². The number of methoxy groups -OCH3 is 1. The van der Waals surface area contributed by atoms with E-state index in [1.165, 1.54) is 0 Å². The van der Waals surface area contributed by atoms with Crippen molar-refractivity contribution in [3.05, 3.63) is 54.1 Å². The molecule has 1 aliphatic carbocycles. The fourth-order valence-corrected chi connectivity index (χ4v) is 4.87. The number of nitrogens with one attached hydrogen (secondary N) is 1. The molecule has 0 spiro atoms. The minimum absolute atomic E-state index is 0.116. The summed E-state index contributed by atoms with van der Waals surface area (Å²) >= 11 is 0. The summed E-state index contributed by atoms with van der Waals surface area (Å²) in [7, 11) is 1.62. The third kappa shape index (κ3) is 3.28. The highest BCUT2D eigenvalue weighted by Crippen LogP contribution is 2.35. The Labute approximate surface area is 180 Å². The summed E-state index contributed by atoms with van der Waals surface area (Å²) in [6.45, 7) is 2.46. The second-order valence-electron chi connectivity index (χ2n) is 8.74. The number of aromatic nitrogens is 1.